The smallest absolute Gasteiger partial charge is 0.303 e. The first kappa shape index (κ1) is 23.1. The summed E-state index contributed by atoms with van der Waals surface area (Å²) >= 11 is 5.17. The predicted octanol–water partition coefficient (Wildman–Crippen LogP) is 4.75. The molecule has 0 fully saturated rings. The Kier molecular flexibility index (Phi) is 6.62. The monoisotopic (exact) mass is 481 g/mol. The summed E-state index contributed by atoms with van der Waals surface area (Å²) in [4.78, 5) is 0.860. The molecule has 0 aromatic heterocycles. The maximum absolute atomic E-state index is 12.8. The molecule has 33 heavy (non-hydrogen) atoms. The van der Waals surface area contributed by atoms with Crippen molar-refractivity contribution in [2.75, 3.05) is 19.3 Å². The molecule has 0 spiro atoms. The van der Waals surface area contributed by atoms with Gasteiger partial charge >= 0.3 is 10.0 Å². The average molecular weight is 482 g/mol. The minimum absolute atomic E-state index is 0.265. The zero-order valence-corrected chi connectivity index (χ0v) is 19.8. The van der Waals surface area contributed by atoms with Crippen molar-refractivity contribution in [2.45, 2.75) is 6.42 Å². The fraction of sp³-hybridized carbons (Fsp3) is 0.160. The quantitative estimate of drug-likeness (QED) is 0.454. The van der Waals surface area contributed by atoms with Gasteiger partial charge in [-0.25, -0.2) is 0 Å². The molecule has 0 saturated heterocycles. The lowest BCUT2D eigenvalue weighted by Crippen LogP contribution is -2.50. The number of rotatable bonds is 7. The Bertz CT molecular complexity index is 1290. The number of benzene rings is 2. The van der Waals surface area contributed by atoms with E-state index < -0.39 is 10.0 Å². The molecule has 2 aromatic carbocycles. The summed E-state index contributed by atoms with van der Waals surface area (Å²) in [6.07, 6.45) is 12.9. The van der Waals surface area contributed by atoms with Crippen LogP contribution in [0.1, 0.15) is 6.42 Å². The van der Waals surface area contributed by atoms with Crippen molar-refractivity contribution in [3.63, 3.8) is 0 Å². The SMILES string of the molecule is CS(=O)(=O)[N+]1(c2ccc(Oc3ccccc3OC3=CCC(=S)C=C3)cc2)C=C(CN)C=CC1. The zero-order valence-electron chi connectivity index (χ0n) is 18.2. The highest BCUT2D eigenvalue weighted by Gasteiger charge is 2.40. The van der Waals surface area contributed by atoms with E-state index in [-0.39, 0.29) is 10.4 Å². The number of nitrogens with two attached hydrogens (primary N) is 1. The third kappa shape index (κ3) is 4.99. The van der Waals surface area contributed by atoms with Crippen molar-refractivity contribution in [1.29, 1.82) is 0 Å². The van der Waals surface area contributed by atoms with Crippen LogP contribution in [0.3, 0.4) is 0 Å². The van der Waals surface area contributed by atoms with Gasteiger partial charge in [0, 0.05) is 35.5 Å². The lowest BCUT2D eigenvalue weighted by Gasteiger charge is -2.33. The van der Waals surface area contributed by atoms with Gasteiger partial charge in [0.2, 0.25) is 0 Å². The summed E-state index contributed by atoms with van der Waals surface area (Å²) in [5, 5.41) is 0. The second-order valence-electron chi connectivity index (χ2n) is 7.78. The molecule has 170 valence electrons. The highest BCUT2D eigenvalue weighted by atomic mass is 32.2. The van der Waals surface area contributed by atoms with Crippen molar-refractivity contribution < 1.29 is 17.9 Å². The Labute approximate surface area is 199 Å². The second-order valence-corrected chi connectivity index (χ2v) is 10.4. The van der Waals surface area contributed by atoms with Gasteiger partial charge in [-0.2, -0.15) is 12.3 Å². The highest BCUT2D eigenvalue weighted by molar-refractivity contribution is 7.90. The Morgan fingerprint density at radius 1 is 1.00 bits per heavy atom. The van der Waals surface area contributed by atoms with Crippen LogP contribution in [-0.2, 0) is 10.0 Å². The Balaban J connectivity index is 1.59. The summed E-state index contributed by atoms with van der Waals surface area (Å²) in [6, 6.07) is 14.4. The number of allylic oxidation sites excluding steroid dienone is 3. The molecule has 0 saturated carbocycles. The third-order valence-corrected chi connectivity index (χ3v) is 7.38. The molecular formula is C25H25N2O4S2+. The first-order valence-corrected chi connectivity index (χ1v) is 12.7. The molecule has 2 aromatic rings. The van der Waals surface area contributed by atoms with E-state index in [0.29, 0.717) is 41.7 Å². The van der Waals surface area contributed by atoms with Gasteiger partial charge in [-0.1, -0.05) is 30.4 Å². The molecule has 1 atom stereocenters. The number of thiocarbonyl (C=S) groups is 1. The normalized spacial score (nSPS) is 20.2. The number of hydrogen-bond acceptors (Lipinski definition) is 6. The first-order valence-electron chi connectivity index (χ1n) is 10.4. The van der Waals surface area contributed by atoms with Crippen LogP contribution in [0.15, 0.2) is 96.4 Å². The highest BCUT2D eigenvalue weighted by Crippen LogP contribution is 2.36. The summed E-state index contributed by atoms with van der Waals surface area (Å²) in [5.41, 5.74) is 7.15. The Morgan fingerprint density at radius 2 is 1.70 bits per heavy atom. The van der Waals surface area contributed by atoms with Crippen LogP contribution in [0.25, 0.3) is 0 Å². The van der Waals surface area contributed by atoms with E-state index in [0.717, 1.165) is 10.4 Å². The molecule has 0 amide bonds. The number of hydrogen-bond donors (Lipinski definition) is 1. The molecule has 8 heteroatoms. The number of nitrogens with zero attached hydrogens (tertiary/aromatic N) is 1. The molecule has 2 aliphatic rings. The molecule has 1 aliphatic heterocycles. The maximum atomic E-state index is 12.8. The second kappa shape index (κ2) is 9.44. The van der Waals surface area contributed by atoms with E-state index in [1.807, 2.05) is 54.6 Å². The van der Waals surface area contributed by atoms with Crippen molar-refractivity contribution in [2.24, 2.45) is 5.73 Å². The van der Waals surface area contributed by atoms with Gasteiger partial charge in [0.15, 0.2) is 17.2 Å². The topological polar surface area (TPSA) is 78.6 Å². The molecule has 1 unspecified atom stereocenters. The summed E-state index contributed by atoms with van der Waals surface area (Å²) in [6.45, 7) is 0.562. The summed E-state index contributed by atoms with van der Waals surface area (Å²) in [7, 11) is -3.51. The van der Waals surface area contributed by atoms with Crippen LogP contribution in [0.4, 0.5) is 5.69 Å². The molecule has 1 aliphatic carbocycles. The number of para-hydroxylation sites is 2. The molecule has 4 rings (SSSR count). The predicted molar refractivity (Wildman–Crippen MR) is 136 cm³/mol. The van der Waals surface area contributed by atoms with E-state index in [1.165, 1.54) is 6.26 Å². The lowest BCUT2D eigenvalue weighted by atomic mass is 10.2. The standard InChI is InChI=1S/C25H25N2O4S2/c1-33(28,29)27(16-4-5-19(17-26)18-27)20-8-10-21(11-9-20)30-24-6-2-3-7-25(24)31-22-12-14-23(32)15-13-22/h2-14,18H,15-17,26H2,1H3/q+1. The van der Waals surface area contributed by atoms with Crippen LogP contribution in [-0.4, -0.2) is 32.6 Å². The maximum Gasteiger partial charge on any atom is 0.303 e. The molecule has 0 bridgehead atoms. The van der Waals surface area contributed by atoms with Crippen LogP contribution < -0.4 is 19.1 Å². The Morgan fingerprint density at radius 3 is 2.30 bits per heavy atom. The van der Waals surface area contributed by atoms with Crippen molar-refractivity contribution >= 4 is 32.8 Å². The zero-order chi connectivity index (χ0) is 23.5. The number of ether oxygens (including phenoxy) is 2. The van der Waals surface area contributed by atoms with Gasteiger partial charge in [0.05, 0.1) is 6.26 Å². The van der Waals surface area contributed by atoms with Crippen LogP contribution in [0.5, 0.6) is 17.2 Å². The summed E-state index contributed by atoms with van der Waals surface area (Å²) < 4.78 is 37.3. The average Bonchev–Trinajstić information content (AvgIpc) is 2.81. The molecule has 1 heterocycles. The summed E-state index contributed by atoms with van der Waals surface area (Å²) in [5.74, 6) is 2.38. The Hall–Kier alpha value is -3.04. The van der Waals surface area contributed by atoms with Crippen molar-refractivity contribution in [1.82, 2.24) is 3.89 Å². The third-order valence-electron chi connectivity index (χ3n) is 5.43. The van der Waals surface area contributed by atoms with Gasteiger partial charge in [-0.15, -0.1) is 0 Å². The first-order chi connectivity index (χ1) is 15.8. The van der Waals surface area contributed by atoms with Gasteiger partial charge in [0.1, 0.15) is 24.3 Å². The lowest BCUT2D eigenvalue weighted by molar-refractivity contribution is 0.397. The minimum atomic E-state index is -3.51. The van der Waals surface area contributed by atoms with Gasteiger partial charge in [0.25, 0.3) is 0 Å². The van der Waals surface area contributed by atoms with Crippen LogP contribution >= 0.6 is 12.2 Å². The molecular weight excluding hydrogens is 456 g/mol. The van der Waals surface area contributed by atoms with Crippen LogP contribution in [0, 0.1) is 0 Å². The number of quaternary nitrogens is 1. The van der Waals surface area contributed by atoms with E-state index in [9.17, 15) is 8.42 Å². The van der Waals surface area contributed by atoms with E-state index in [2.05, 4.69) is 0 Å². The van der Waals surface area contributed by atoms with Crippen molar-refractivity contribution in [3.05, 3.63) is 96.4 Å². The number of sulfonamides is 1. The molecule has 2 N–H and O–H groups in total. The largest absolute Gasteiger partial charge is 0.454 e. The van der Waals surface area contributed by atoms with Crippen molar-refractivity contribution in [3.8, 4) is 17.2 Å². The minimum Gasteiger partial charge on any atom is -0.454 e. The van der Waals surface area contributed by atoms with Gasteiger partial charge in [-0.3, -0.25) is 0 Å². The van der Waals surface area contributed by atoms with Gasteiger partial charge < -0.3 is 15.2 Å². The fourth-order valence-electron chi connectivity index (χ4n) is 3.67. The molecule has 6 nitrogen and oxygen atoms in total. The fourth-order valence-corrected chi connectivity index (χ4v) is 5.01. The molecule has 0 radical (unpaired) electrons. The van der Waals surface area contributed by atoms with E-state index in [1.54, 1.807) is 30.5 Å². The van der Waals surface area contributed by atoms with Gasteiger partial charge in [-0.05, 0) is 48.6 Å². The van der Waals surface area contributed by atoms with E-state index >= 15 is 0 Å². The van der Waals surface area contributed by atoms with E-state index in [4.69, 9.17) is 27.4 Å². The van der Waals surface area contributed by atoms with Crippen LogP contribution in [0.2, 0.25) is 0 Å².